The van der Waals surface area contributed by atoms with E-state index in [4.69, 9.17) is 40.5 Å². The highest BCUT2D eigenvalue weighted by Gasteiger charge is 2.15. The lowest BCUT2D eigenvalue weighted by atomic mass is 10.1. The van der Waals surface area contributed by atoms with E-state index in [1.807, 2.05) is 6.07 Å². The second-order valence-electron chi connectivity index (χ2n) is 3.45. The van der Waals surface area contributed by atoms with Crippen LogP contribution in [0.5, 0.6) is 0 Å². The van der Waals surface area contributed by atoms with E-state index in [1.165, 1.54) is 11.3 Å². The molecule has 0 saturated heterocycles. The van der Waals surface area contributed by atoms with Crippen LogP contribution in [0.4, 0.5) is 0 Å². The predicted molar refractivity (Wildman–Crippen MR) is 79.5 cm³/mol. The van der Waals surface area contributed by atoms with Crippen molar-refractivity contribution < 1.29 is 0 Å². The lowest BCUT2D eigenvalue weighted by Crippen LogP contribution is -2.10. The second kappa shape index (κ2) is 5.47. The monoisotopic (exact) mass is 369 g/mol. The molecular weight excluding hydrogens is 364 g/mol. The van der Waals surface area contributed by atoms with Crippen molar-refractivity contribution in [2.75, 3.05) is 0 Å². The second-order valence-corrected chi connectivity index (χ2v) is 7.13. The van der Waals surface area contributed by atoms with Crippen LogP contribution in [0, 0.1) is 0 Å². The largest absolute Gasteiger partial charge is 0.320 e. The molecular formula is C11H7BrCl3NS. The lowest BCUT2D eigenvalue weighted by molar-refractivity contribution is 0.894. The molecule has 0 saturated carbocycles. The summed E-state index contributed by atoms with van der Waals surface area (Å²) in [5, 5.41) is 1.81. The van der Waals surface area contributed by atoms with E-state index in [-0.39, 0.29) is 6.04 Å². The zero-order valence-electron chi connectivity index (χ0n) is 8.38. The number of hydrogen-bond donors (Lipinski definition) is 1. The van der Waals surface area contributed by atoms with Gasteiger partial charge < -0.3 is 5.73 Å². The van der Waals surface area contributed by atoms with Gasteiger partial charge in [0.2, 0.25) is 0 Å². The molecule has 0 bridgehead atoms. The first-order valence-corrected chi connectivity index (χ1v) is 7.38. The fraction of sp³-hybridized carbons (Fsp3) is 0.0909. The molecule has 1 heterocycles. The van der Waals surface area contributed by atoms with Gasteiger partial charge in [-0.05, 0) is 45.8 Å². The van der Waals surface area contributed by atoms with Gasteiger partial charge in [0.15, 0.2) is 0 Å². The minimum Gasteiger partial charge on any atom is -0.320 e. The Balaban J connectivity index is 2.39. The Hall–Kier alpha value is 0.230. The number of rotatable bonds is 2. The third-order valence-corrected chi connectivity index (χ3v) is 5.21. The average Bonchev–Trinajstić information content (AvgIpc) is 2.57. The van der Waals surface area contributed by atoms with Gasteiger partial charge in [0, 0.05) is 14.9 Å². The zero-order valence-corrected chi connectivity index (χ0v) is 13.1. The van der Waals surface area contributed by atoms with Gasteiger partial charge in [-0.1, -0.05) is 34.8 Å². The summed E-state index contributed by atoms with van der Waals surface area (Å²) in [5.74, 6) is 0. The zero-order chi connectivity index (χ0) is 12.6. The molecule has 17 heavy (non-hydrogen) atoms. The summed E-state index contributed by atoms with van der Waals surface area (Å²) in [5.41, 5.74) is 7.02. The smallest absolute Gasteiger partial charge is 0.0888 e. The number of benzene rings is 1. The van der Waals surface area contributed by atoms with E-state index in [0.717, 1.165) is 14.2 Å². The molecule has 1 unspecified atom stereocenters. The molecule has 1 atom stereocenters. The van der Waals surface area contributed by atoms with E-state index in [0.29, 0.717) is 15.1 Å². The summed E-state index contributed by atoms with van der Waals surface area (Å²) < 4.78 is 0.873. The van der Waals surface area contributed by atoms with Gasteiger partial charge >= 0.3 is 0 Å². The van der Waals surface area contributed by atoms with Crippen LogP contribution in [0.25, 0.3) is 0 Å². The maximum Gasteiger partial charge on any atom is 0.0888 e. The Bertz CT molecular complexity index is 516. The van der Waals surface area contributed by atoms with Crippen LogP contribution >= 0.6 is 62.1 Å². The first-order chi connectivity index (χ1) is 7.97. The summed E-state index contributed by atoms with van der Waals surface area (Å²) in [6.07, 6.45) is 0. The Morgan fingerprint density at radius 3 is 2.12 bits per heavy atom. The van der Waals surface area contributed by atoms with Crippen molar-refractivity contribution in [3.8, 4) is 0 Å². The van der Waals surface area contributed by atoms with Crippen LogP contribution < -0.4 is 5.73 Å². The lowest BCUT2D eigenvalue weighted by Gasteiger charge is -2.10. The van der Waals surface area contributed by atoms with Crippen molar-refractivity contribution in [1.29, 1.82) is 0 Å². The van der Waals surface area contributed by atoms with Crippen LogP contribution in [-0.4, -0.2) is 0 Å². The third kappa shape index (κ3) is 3.16. The first-order valence-electron chi connectivity index (χ1n) is 4.63. The molecule has 6 heteroatoms. The number of nitrogens with two attached hydrogens (primary N) is 1. The summed E-state index contributed by atoms with van der Waals surface area (Å²) >= 11 is 22.7. The van der Waals surface area contributed by atoms with Gasteiger partial charge in [-0.15, -0.1) is 11.3 Å². The van der Waals surface area contributed by atoms with Crippen LogP contribution in [0.2, 0.25) is 15.1 Å². The minimum atomic E-state index is -0.278. The van der Waals surface area contributed by atoms with Crippen LogP contribution in [0.1, 0.15) is 16.5 Å². The maximum absolute atomic E-state index is 6.15. The molecule has 2 aromatic rings. The molecule has 0 fully saturated rings. The molecule has 1 nitrogen and oxygen atoms in total. The predicted octanol–water partition coefficient (Wildman–Crippen LogP) is 5.52. The van der Waals surface area contributed by atoms with Gasteiger partial charge in [0.1, 0.15) is 0 Å². The van der Waals surface area contributed by atoms with Crippen molar-refractivity contribution in [2.45, 2.75) is 6.04 Å². The van der Waals surface area contributed by atoms with E-state index in [9.17, 15) is 0 Å². The SMILES string of the molecule is NC(c1cc(Cl)cc(Cl)c1)c1cc(Cl)c(Br)s1. The Morgan fingerprint density at radius 1 is 1.06 bits per heavy atom. The van der Waals surface area contributed by atoms with Crippen molar-refractivity contribution in [2.24, 2.45) is 5.73 Å². The maximum atomic E-state index is 6.15. The molecule has 1 aromatic carbocycles. The average molecular weight is 372 g/mol. The molecule has 0 aliphatic heterocycles. The minimum absolute atomic E-state index is 0.278. The number of hydrogen-bond acceptors (Lipinski definition) is 2. The standard InChI is InChI=1S/C11H7BrCl3NS/c12-11-8(15)4-9(17-11)10(16)5-1-6(13)3-7(14)2-5/h1-4,10H,16H2. The summed E-state index contributed by atoms with van der Waals surface area (Å²) in [7, 11) is 0. The molecule has 0 aliphatic carbocycles. The Kier molecular flexibility index (Phi) is 4.40. The van der Waals surface area contributed by atoms with Crippen LogP contribution in [-0.2, 0) is 0 Å². The normalized spacial score (nSPS) is 12.8. The first kappa shape index (κ1) is 13.7. The molecule has 0 radical (unpaired) electrons. The fourth-order valence-corrected chi connectivity index (χ4v) is 3.75. The Morgan fingerprint density at radius 2 is 1.65 bits per heavy atom. The highest BCUT2D eigenvalue weighted by Crippen LogP contribution is 2.37. The van der Waals surface area contributed by atoms with Crippen LogP contribution in [0.15, 0.2) is 28.1 Å². The molecule has 0 amide bonds. The topological polar surface area (TPSA) is 26.0 Å². The molecule has 0 spiro atoms. The molecule has 0 aliphatic rings. The summed E-state index contributed by atoms with van der Waals surface area (Å²) in [6.45, 7) is 0. The van der Waals surface area contributed by atoms with E-state index in [1.54, 1.807) is 18.2 Å². The molecule has 2 rings (SSSR count). The van der Waals surface area contributed by atoms with Gasteiger partial charge in [0.05, 0.1) is 14.9 Å². The Labute approximate surface area is 127 Å². The summed E-state index contributed by atoms with van der Waals surface area (Å²) in [4.78, 5) is 0.959. The van der Waals surface area contributed by atoms with Crippen molar-refractivity contribution >= 4 is 62.1 Å². The highest BCUT2D eigenvalue weighted by atomic mass is 79.9. The van der Waals surface area contributed by atoms with Crippen molar-refractivity contribution in [1.82, 2.24) is 0 Å². The van der Waals surface area contributed by atoms with Crippen molar-refractivity contribution in [3.63, 3.8) is 0 Å². The van der Waals surface area contributed by atoms with Crippen molar-refractivity contribution in [3.05, 3.63) is 53.6 Å². The van der Waals surface area contributed by atoms with E-state index >= 15 is 0 Å². The van der Waals surface area contributed by atoms with E-state index < -0.39 is 0 Å². The number of halogens is 4. The van der Waals surface area contributed by atoms with Gasteiger partial charge in [0.25, 0.3) is 0 Å². The highest BCUT2D eigenvalue weighted by molar-refractivity contribution is 9.11. The van der Waals surface area contributed by atoms with Gasteiger partial charge in [-0.2, -0.15) is 0 Å². The van der Waals surface area contributed by atoms with Gasteiger partial charge in [-0.25, -0.2) is 0 Å². The molecule has 2 N–H and O–H groups in total. The van der Waals surface area contributed by atoms with Crippen LogP contribution in [0.3, 0.4) is 0 Å². The van der Waals surface area contributed by atoms with Gasteiger partial charge in [-0.3, -0.25) is 0 Å². The molecule has 90 valence electrons. The van der Waals surface area contributed by atoms with E-state index in [2.05, 4.69) is 15.9 Å². The fourth-order valence-electron chi connectivity index (χ4n) is 1.44. The number of thiophene rings is 1. The third-order valence-electron chi connectivity index (χ3n) is 2.21. The molecule has 1 aromatic heterocycles. The summed E-state index contributed by atoms with van der Waals surface area (Å²) in [6, 6.07) is 6.85. The quantitative estimate of drug-likeness (QED) is 0.739.